The molecular weight excluding hydrogens is 234 g/mol. The Bertz CT molecular complexity index is 441. The van der Waals surface area contributed by atoms with Crippen molar-refractivity contribution in [2.75, 3.05) is 6.54 Å². The third kappa shape index (κ3) is 2.94. The molecule has 0 aliphatic carbocycles. The molecule has 1 N–H and O–H groups in total. The largest absolute Gasteiger partial charge is 0.487 e. The summed E-state index contributed by atoms with van der Waals surface area (Å²) in [4.78, 5) is 0. The average molecular weight is 261 g/mol. The SMILES string of the molecule is CCNC1CC(C)(CC)Oc2ccc(C(C)C)cc21. The van der Waals surface area contributed by atoms with E-state index in [1.165, 1.54) is 11.1 Å². The molecule has 1 aliphatic heterocycles. The third-order valence-electron chi connectivity index (χ3n) is 4.27. The lowest BCUT2D eigenvalue weighted by molar-refractivity contribution is 0.0445. The van der Waals surface area contributed by atoms with Crippen molar-refractivity contribution in [3.8, 4) is 5.75 Å². The maximum absolute atomic E-state index is 6.24. The molecule has 2 unspecified atom stereocenters. The number of nitrogens with one attached hydrogen (secondary N) is 1. The molecule has 0 saturated carbocycles. The van der Waals surface area contributed by atoms with Gasteiger partial charge in [0, 0.05) is 18.0 Å². The molecule has 2 heteroatoms. The highest BCUT2D eigenvalue weighted by atomic mass is 16.5. The highest BCUT2D eigenvalue weighted by Crippen LogP contribution is 2.42. The second-order valence-electron chi connectivity index (χ2n) is 6.17. The van der Waals surface area contributed by atoms with E-state index in [0.29, 0.717) is 12.0 Å². The van der Waals surface area contributed by atoms with Gasteiger partial charge in [-0.15, -0.1) is 0 Å². The van der Waals surface area contributed by atoms with Crippen LogP contribution in [-0.4, -0.2) is 12.1 Å². The molecule has 19 heavy (non-hydrogen) atoms. The van der Waals surface area contributed by atoms with Crippen LogP contribution < -0.4 is 10.1 Å². The van der Waals surface area contributed by atoms with E-state index < -0.39 is 0 Å². The standard InChI is InChI=1S/C17H27NO/c1-6-17(5)11-15(18-7-2)14-10-13(12(3)4)8-9-16(14)19-17/h8-10,12,15,18H,6-7,11H2,1-5H3. The van der Waals surface area contributed by atoms with Gasteiger partial charge in [-0.05, 0) is 37.4 Å². The van der Waals surface area contributed by atoms with Crippen molar-refractivity contribution in [3.63, 3.8) is 0 Å². The molecule has 1 aromatic rings. The second kappa shape index (κ2) is 5.54. The van der Waals surface area contributed by atoms with Crippen LogP contribution in [0.15, 0.2) is 18.2 Å². The zero-order chi connectivity index (χ0) is 14.0. The van der Waals surface area contributed by atoms with Crippen LogP contribution in [0.3, 0.4) is 0 Å². The highest BCUT2D eigenvalue weighted by molar-refractivity contribution is 5.42. The highest BCUT2D eigenvalue weighted by Gasteiger charge is 2.35. The van der Waals surface area contributed by atoms with Crippen LogP contribution >= 0.6 is 0 Å². The fourth-order valence-corrected chi connectivity index (χ4v) is 2.79. The van der Waals surface area contributed by atoms with Gasteiger partial charge in [0.2, 0.25) is 0 Å². The monoisotopic (exact) mass is 261 g/mol. The Morgan fingerprint density at radius 3 is 2.68 bits per heavy atom. The predicted molar refractivity (Wildman–Crippen MR) is 80.9 cm³/mol. The smallest absolute Gasteiger partial charge is 0.124 e. The molecule has 1 aliphatic rings. The van der Waals surface area contributed by atoms with E-state index in [1.54, 1.807) is 0 Å². The van der Waals surface area contributed by atoms with Gasteiger partial charge < -0.3 is 10.1 Å². The zero-order valence-corrected chi connectivity index (χ0v) is 12.9. The lowest BCUT2D eigenvalue weighted by Gasteiger charge is -2.40. The molecule has 2 nitrogen and oxygen atoms in total. The molecule has 1 heterocycles. The van der Waals surface area contributed by atoms with E-state index in [-0.39, 0.29) is 5.60 Å². The van der Waals surface area contributed by atoms with Crippen LogP contribution in [0.4, 0.5) is 0 Å². The van der Waals surface area contributed by atoms with E-state index in [4.69, 9.17) is 4.74 Å². The maximum Gasteiger partial charge on any atom is 0.124 e. The summed E-state index contributed by atoms with van der Waals surface area (Å²) >= 11 is 0. The zero-order valence-electron chi connectivity index (χ0n) is 12.9. The molecule has 2 rings (SSSR count). The molecule has 2 atom stereocenters. The molecule has 106 valence electrons. The van der Waals surface area contributed by atoms with Gasteiger partial charge in [-0.1, -0.05) is 39.8 Å². The summed E-state index contributed by atoms with van der Waals surface area (Å²) < 4.78 is 6.24. The van der Waals surface area contributed by atoms with Gasteiger partial charge in [-0.3, -0.25) is 0 Å². The Labute approximate surface area is 117 Å². The van der Waals surface area contributed by atoms with Crippen LogP contribution in [-0.2, 0) is 0 Å². The van der Waals surface area contributed by atoms with Crippen LogP contribution in [0.2, 0.25) is 0 Å². The van der Waals surface area contributed by atoms with Gasteiger partial charge in [0.05, 0.1) is 0 Å². The van der Waals surface area contributed by atoms with E-state index >= 15 is 0 Å². The Balaban J connectivity index is 2.40. The van der Waals surface area contributed by atoms with Crippen molar-refractivity contribution < 1.29 is 4.74 Å². The number of hydrogen-bond donors (Lipinski definition) is 1. The summed E-state index contributed by atoms with van der Waals surface area (Å²) in [6.45, 7) is 12.1. The van der Waals surface area contributed by atoms with E-state index in [0.717, 1.165) is 25.1 Å². The van der Waals surface area contributed by atoms with Gasteiger partial charge in [0.25, 0.3) is 0 Å². The number of rotatable bonds is 4. The molecule has 0 radical (unpaired) electrons. The van der Waals surface area contributed by atoms with Crippen molar-refractivity contribution in [3.05, 3.63) is 29.3 Å². The van der Waals surface area contributed by atoms with Crippen molar-refractivity contribution in [1.82, 2.24) is 5.32 Å². The molecule has 0 saturated heterocycles. The first-order chi connectivity index (χ1) is 8.99. The fraction of sp³-hybridized carbons (Fsp3) is 0.647. The molecule has 0 spiro atoms. The summed E-state index contributed by atoms with van der Waals surface area (Å²) in [6.07, 6.45) is 2.09. The minimum Gasteiger partial charge on any atom is -0.487 e. The maximum atomic E-state index is 6.24. The first kappa shape index (κ1) is 14.4. The normalized spacial score (nSPS) is 26.1. The molecular formula is C17H27NO. The first-order valence-corrected chi connectivity index (χ1v) is 7.55. The van der Waals surface area contributed by atoms with Crippen molar-refractivity contribution >= 4 is 0 Å². The van der Waals surface area contributed by atoms with E-state index in [1.807, 2.05) is 0 Å². The van der Waals surface area contributed by atoms with E-state index in [9.17, 15) is 0 Å². The Hall–Kier alpha value is -1.02. The van der Waals surface area contributed by atoms with Gasteiger partial charge in [-0.25, -0.2) is 0 Å². The minimum absolute atomic E-state index is 0.0425. The second-order valence-corrected chi connectivity index (χ2v) is 6.17. The van der Waals surface area contributed by atoms with Crippen LogP contribution in [0.5, 0.6) is 5.75 Å². The number of hydrogen-bond acceptors (Lipinski definition) is 2. The first-order valence-electron chi connectivity index (χ1n) is 7.55. The summed E-state index contributed by atoms with van der Waals surface area (Å²) in [5.74, 6) is 1.62. The van der Waals surface area contributed by atoms with Gasteiger partial charge in [0.1, 0.15) is 11.4 Å². The topological polar surface area (TPSA) is 21.3 Å². The van der Waals surface area contributed by atoms with Crippen LogP contribution in [0, 0.1) is 0 Å². The molecule has 1 aromatic carbocycles. The van der Waals surface area contributed by atoms with Crippen LogP contribution in [0.25, 0.3) is 0 Å². The minimum atomic E-state index is -0.0425. The Morgan fingerprint density at radius 1 is 1.37 bits per heavy atom. The van der Waals surface area contributed by atoms with Gasteiger partial charge in [-0.2, -0.15) is 0 Å². The van der Waals surface area contributed by atoms with E-state index in [2.05, 4.69) is 58.1 Å². The molecule has 0 amide bonds. The predicted octanol–water partition coefficient (Wildman–Crippen LogP) is 4.41. The van der Waals surface area contributed by atoms with Crippen molar-refractivity contribution in [1.29, 1.82) is 0 Å². The average Bonchev–Trinajstić information content (AvgIpc) is 2.38. The summed E-state index contributed by atoms with van der Waals surface area (Å²) in [6, 6.07) is 7.09. The number of ether oxygens (including phenoxy) is 1. The quantitative estimate of drug-likeness (QED) is 0.866. The Morgan fingerprint density at radius 2 is 2.11 bits per heavy atom. The Kier molecular flexibility index (Phi) is 4.19. The van der Waals surface area contributed by atoms with Gasteiger partial charge >= 0.3 is 0 Å². The lowest BCUT2D eigenvalue weighted by Crippen LogP contribution is -2.41. The molecule has 0 bridgehead atoms. The van der Waals surface area contributed by atoms with Crippen LogP contribution in [0.1, 0.15) is 70.5 Å². The third-order valence-corrected chi connectivity index (χ3v) is 4.27. The lowest BCUT2D eigenvalue weighted by atomic mass is 9.85. The van der Waals surface area contributed by atoms with Crippen molar-refractivity contribution in [2.45, 2.75) is 65.0 Å². The molecule has 0 fully saturated rings. The number of fused-ring (bicyclic) bond motifs is 1. The number of benzene rings is 1. The summed E-state index contributed by atoms with van der Waals surface area (Å²) in [5, 5.41) is 3.62. The summed E-state index contributed by atoms with van der Waals surface area (Å²) in [7, 11) is 0. The van der Waals surface area contributed by atoms with Crippen molar-refractivity contribution in [2.24, 2.45) is 0 Å². The molecule has 0 aromatic heterocycles. The summed E-state index contributed by atoms with van der Waals surface area (Å²) in [5.41, 5.74) is 2.68. The van der Waals surface area contributed by atoms with Gasteiger partial charge in [0.15, 0.2) is 0 Å². The fourth-order valence-electron chi connectivity index (χ4n) is 2.79.